The van der Waals surface area contributed by atoms with E-state index < -0.39 is 12.1 Å². The van der Waals surface area contributed by atoms with Crippen LogP contribution in [0, 0.1) is 0 Å². The highest BCUT2D eigenvalue weighted by atomic mass is 16.5. The van der Waals surface area contributed by atoms with Crippen LogP contribution in [0.5, 0.6) is 0 Å². The number of benzene rings is 1. The molecule has 0 aliphatic carbocycles. The molecule has 0 aliphatic heterocycles. The Labute approximate surface area is 113 Å². The molecule has 0 aromatic heterocycles. The molecular weight excluding hydrogens is 244 g/mol. The van der Waals surface area contributed by atoms with Crippen molar-refractivity contribution in [1.82, 2.24) is 10.6 Å². The third-order valence-corrected chi connectivity index (χ3v) is 2.49. The van der Waals surface area contributed by atoms with Gasteiger partial charge in [0.15, 0.2) is 0 Å². The van der Waals surface area contributed by atoms with Crippen LogP contribution in [0.2, 0.25) is 0 Å². The van der Waals surface area contributed by atoms with Crippen LogP contribution in [0.15, 0.2) is 30.3 Å². The summed E-state index contributed by atoms with van der Waals surface area (Å²) in [5.41, 5.74) is 0.903. The van der Waals surface area contributed by atoms with Crippen LogP contribution in [-0.4, -0.2) is 24.6 Å². The molecule has 1 rings (SSSR count). The summed E-state index contributed by atoms with van der Waals surface area (Å²) in [6.45, 7) is 4.38. The third kappa shape index (κ3) is 5.90. The van der Waals surface area contributed by atoms with E-state index in [1.165, 1.54) is 0 Å². The van der Waals surface area contributed by atoms with E-state index in [1.54, 1.807) is 6.92 Å². The second kappa shape index (κ2) is 8.13. The fourth-order valence-electron chi connectivity index (χ4n) is 1.41. The molecule has 1 unspecified atom stereocenters. The molecule has 0 heterocycles. The summed E-state index contributed by atoms with van der Waals surface area (Å²) in [4.78, 5) is 23.0. The molecule has 0 aliphatic rings. The minimum Gasteiger partial charge on any atom is -0.445 e. The minimum absolute atomic E-state index is 0.190. The SMILES string of the molecule is CCCNC(=O)C(C)NC(=O)OCc1ccccc1. The van der Waals surface area contributed by atoms with Crippen molar-refractivity contribution in [2.75, 3.05) is 6.54 Å². The average Bonchev–Trinajstić information content (AvgIpc) is 2.43. The van der Waals surface area contributed by atoms with E-state index in [0.29, 0.717) is 6.54 Å². The van der Waals surface area contributed by atoms with Crippen molar-refractivity contribution in [1.29, 1.82) is 0 Å². The number of rotatable bonds is 6. The Morgan fingerprint density at radius 1 is 1.26 bits per heavy atom. The van der Waals surface area contributed by atoms with Crippen LogP contribution in [0.3, 0.4) is 0 Å². The first-order valence-electron chi connectivity index (χ1n) is 6.38. The lowest BCUT2D eigenvalue weighted by atomic mass is 10.2. The Morgan fingerprint density at radius 3 is 2.58 bits per heavy atom. The van der Waals surface area contributed by atoms with Gasteiger partial charge in [-0.1, -0.05) is 37.3 Å². The van der Waals surface area contributed by atoms with Crippen molar-refractivity contribution in [3.63, 3.8) is 0 Å². The van der Waals surface area contributed by atoms with E-state index in [-0.39, 0.29) is 12.5 Å². The van der Waals surface area contributed by atoms with Crippen molar-refractivity contribution in [2.24, 2.45) is 0 Å². The minimum atomic E-state index is -0.602. The van der Waals surface area contributed by atoms with E-state index in [0.717, 1.165) is 12.0 Å². The van der Waals surface area contributed by atoms with Crippen LogP contribution in [0.1, 0.15) is 25.8 Å². The first-order valence-corrected chi connectivity index (χ1v) is 6.38. The average molecular weight is 264 g/mol. The second-order valence-electron chi connectivity index (χ2n) is 4.22. The molecule has 0 saturated carbocycles. The number of carbonyl (C=O) groups excluding carboxylic acids is 2. The topological polar surface area (TPSA) is 67.4 Å². The van der Waals surface area contributed by atoms with Gasteiger partial charge in [-0.2, -0.15) is 0 Å². The van der Waals surface area contributed by atoms with Gasteiger partial charge in [-0.15, -0.1) is 0 Å². The van der Waals surface area contributed by atoms with Crippen molar-refractivity contribution in [3.8, 4) is 0 Å². The van der Waals surface area contributed by atoms with Gasteiger partial charge in [0, 0.05) is 6.54 Å². The van der Waals surface area contributed by atoms with Gasteiger partial charge >= 0.3 is 6.09 Å². The summed E-state index contributed by atoms with van der Waals surface area (Å²) < 4.78 is 5.02. The Hall–Kier alpha value is -2.04. The van der Waals surface area contributed by atoms with E-state index in [9.17, 15) is 9.59 Å². The summed E-state index contributed by atoms with van der Waals surface area (Å²) in [6, 6.07) is 8.77. The number of alkyl carbamates (subject to hydrolysis) is 1. The fraction of sp³-hybridized carbons (Fsp3) is 0.429. The molecule has 5 heteroatoms. The summed E-state index contributed by atoms with van der Waals surface area (Å²) in [7, 11) is 0. The van der Waals surface area contributed by atoms with Gasteiger partial charge in [0.25, 0.3) is 0 Å². The largest absolute Gasteiger partial charge is 0.445 e. The normalized spacial score (nSPS) is 11.5. The van der Waals surface area contributed by atoms with Crippen LogP contribution in [0.4, 0.5) is 4.79 Å². The zero-order valence-corrected chi connectivity index (χ0v) is 11.3. The molecular formula is C14H20N2O3. The number of nitrogens with one attached hydrogen (secondary N) is 2. The molecule has 0 fully saturated rings. The van der Waals surface area contributed by atoms with E-state index in [1.807, 2.05) is 37.3 Å². The Bertz CT molecular complexity index is 406. The Morgan fingerprint density at radius 2 is 1.95 bits per heavy atom. The molecule has 1 atom stereocenters. The van der Waals surface area contributed by atoms with Crippen LogP contribution in [-0.2, 0) is 16.1 Å². The second-order valence-corrected chi connectivity index (χ2v) is 4.22. The molecule has 5 nitrogen and oxygen atoms in total. The predicted molar refractivity (Wildman–Crippen MR) is 72.5 cm³/mol. The quantitative estimate of drug-likeness (QED) is 0.823. The lowest BCUT2D eigenvalue weighted by Crippen LogP contribution is -2.45. The van der Waals surface area contributed by atoms with Crippen LogP contribution in [0.25, 0.3) is 0 Å². The first-order chi connectivity index (χ1) is 9.13. The number of carbonyl (C=O) groups is 2. The third-order valence-electron chi connectivity index (χ3n) is 2.49. The molecule has 0 spiro atoms. The predicted octanol–water partition coefficient (Wildman–Crippen LogP) is 1.83. The van der Waals surface area contributed by atoms with Crippen LogP contribution >= 0.6 is 0 Å². The molecule has 1 aromatic rings. The lowest BCUT2D eigenvalue weighted by molar-refractivity contribution is -0.122. The summed E-state index contributed by atoms with van der Waals surface area (Å²) >= 11 is 0. The monoisotopic (exact) mass is 264 g/mol. The van der Waals surface area contributed by atoms with Crippen molar-refractivity contribution >= 4 is 12.0 Å². The highest BCUT2D eigenvalue weighted by molar-refractivity contribution is 5.85. The van der Waals surface area contributed by atoms with Gasteiger partial charge in [-0.25, -0.2) is 4.79 Å². The number of ether oxygens (including phenoxy) is 1. The molecule has 2 amide bonds. The first kappa shape index (κ1) is 15.0. The van der Waals surface area contributed by atoms with Crippen molar-refractivity contribution < 1.29 is 14.3 Å². The summed E-state index contributed by atoms with van der Waals surface area (Å²) in [5, 5.41) is 5.19. The van der Waals surface area contributed by atoms with Gasteiger partial charge in [0.1, 0.15) is 12.6 Å². The number of amides is 2. The zero-order valence-electron chi connectivity index (χ0n) is 11.3. The maximum Gasteiger partial charge on any atom is 0.408 e. The van der Waals surface area contributed by atoms with Gasteiger partial charge in [-0.3, -0.25) is 4.79 Å². The molecule has 1 aromatic carbocycles. The van der Waals surface area contributed by atoms with E-state index in [2.05, 4.69) is 10.6 Å². The maximum absolute atomic E-state index is 11.5. The highest BCUT2D eigenvalue weighted by Gasteiger charge is 2.15. The Balaban J connectivity index is 2.29. The molecule has 0 radical (unpaired) electrons. The fourth-order valence-corrected chi connectivity index (χ4v) is 1.41. The van der Waals surface area contributed by atoms with Crippen molar-refractivity contribution in [2.45, 2.75) is 32.9 Å². The molecule has 2 N–H and O–H groups in total. The summed E-state index contributed by atoms with van der Waals surface area (Å²) in [6.07, 6.45) is 0.264. The molecule has 0 saturated heterocycles. The van der Waals surface area contributed by atoms with Gasteiger partial charge in [-0.05, 0) is 18.9 Å². The van der Waals surface area contributed by atoms with Crippen molar-refractivity contribution in [3.05, 3.63) is 35.9 Å². The van der Waals surface area contributed by atoms with Gasteiger partial charge in [0.05, 0.1) is 0 Å². The lowest BCUT2D eigenvalue weighted by Gasteiger charge is -2.13. The number of hydrogen-bond donors (Lipinski definition) is 2. The molecule has 104 valence electrons. The molecule has 0 bridgehead atoms. The zero-order chi connectivity index (χ0) is 14.1. The van der Waals surface area contributed by atoms with Gasteiger partial charge in [0.2, 0.25) is 5.91 Å². The molecule has 19 heavy (non-hydrogen) atoms. The highest BCUT2D eigenvalue weighted by Crippen LogP contribution is 2.00. The standard InChI is InChI=1S/C14H20N2O3/c1-3-9-15-13(17)11(2)16-14(18)19-10-12-7-5-4-6-8-12/h4-8,11H,3,9-10H2,1-2H3,(H,15,17)(H,16,18). The Kier molecular flexibility index (Phi) is 6.43. The van der Waals surface area contributed by atoms with E-state index >= 15 is 0 Å². The maximum atomic E-state index is 11.5. The van der Waals surface area contributed by atoms with E-state index in [4.69, 9.17) is 4.74 Å². The summed E-state index contributed by atoms with van der Waals surface area (Å²) in [5.74, 6) is -0.210. The van der Waals surface area contributed by atoms with Gasteiger partial charge < -0.3 is 15.4 Å². The smallest absolute Gasteiger partial charge is 0.408 e. The number of hydrogen-bond acceptors (Lipinski definition) is 3. The van der Waals surface area contributed by atoms with Crippen LogP contribution < -0.4 is 10.6 Å².